The minimum Gasteiger partial charge on any atom is -0.389 e. The van der Waals surface area contributed by atoms with Gasteiger partial charge in [-0.15, -0.1) is 0 Å². The summed E-state index contributed by atoms with van der Waals surface area (Å²) < 4.78 is 1.19. The van der Waals surface area contributed by atoms with Gasteiger partial charge < -0.3 is 5.11 Å². The highest BCUT2D eigenvalue weighted by Gasteiger charge is 2.20. The molecule has 0 aliphatic rings. The van der Waals surface area contributed by atoms with Crippen molar-refractivity contribution in [3.8, 4) is 6.07 Å². The molecule has 1 aromatic rings. The van der Waals surface area contributed by atoms with Crippen LogP contribution in [0.4, 0.5) is 0 Å². The number of rotatable bonds is 4. The van der Waals surface area contributed by atoms with E-state index >= 15 is 0 Å². The average molecular weight is 249 g/mol. The second kappa shape index (κ2) is 5.32. The van der Waals surface area contributed by atoms with E-state index in [4.69, 9.17) is 5.26 Å². The van der Waals surface area contributed by atoms with Gasteiger partial charge >= 0.3 is 0 Å². The second-order valence-corrected chi connectivity index (χ2v) is 4.89. The van der Waals surface area contributed by atoms with Crippen molar-refractivity contribution >= 4 is 0 Å². The molecule has 0 aliphatic heterocycles. The third-order valence-corrected chi connectivity index (χ3v) is 2.68. The molecule has 98 valence electrons. The van der Waals surface area contributed by atoms with Crippen molar-refractivity contribution in [1.82, 2.24) is 9.78 Å². The minimum atomic E-state index is -1.04. The van der Waals surface area contributed by atoms with Crippen molar-refractivity contribution in [2.45, 2.75) is 52.7 Å². The van der Waals surface area contributed by atoms with Gasteiger partial charge in [0.15, 0.2) is 0 Å². The summed E-state index contributed by atoms with van der Waals surface area (Å²) in [5.74, 6) is 0. The van der Waals surface area contributed by atoms with Crippen molar-refractivity contribution < 1.29 is 5.11 Å². The molecule has 0 atom stereocenters. The van der Waals surface area contributed by atoms with Gasteiger partial charge in [-0.1, -0.05) is 13.8 Å². The van der Waals surface area contributed by atoms with Gasteiger partial charge in [0.25, 0.3) is 5.56 Å². The Bertz CT molecular complexity index is 533. The van der Waals surface area contributed by atoms with Gasteiger partial charge in [0, 0.05) is 0 Å². The van der Waals surface area contributed by atoms with E-state index in [-0.39, 0.29) is 12.1 Å². The van der Waals surface area contributed by atoms with E-state index in [0.29, 0.717) is 12.8 Å². The first kappa shape index (κ1) is 14.4. The zero-order valence-corrected chi connectivity index (χ0v) is 11.3. The van der Waals surface area contributed by atoms with Crippen LogP contribution >= 0.6 is 0 Å². The predicted octanol–water partition coefficient (Wildman–Crippen LogP) is 1.01. The van der Waals surface area contributed by atoms with Crippen LogP contribution in [-0.4, -0.2) is 20.5 Å². The maximum atomic E-state index is 12.1. The molecule has 0 amide bonds. The molecule has 0 unspecified atom stereocenters. The lowest BCUT2D eigenvalue weighted by Gasteiger charge is -2.19. The first-order chi connectivity index (χ1) is 8.34. The zero-order valence-electron chi connectivity index (χ0n) is 11.3. The molecule has 0 spiro atoms. The standard InChI is InChI=1S/C13H19N3O2/c1-5-9-10(7-14)12(17)16(8-13(3,4)18)15-11(9)6-2/h18H,5-6,8H2,1-4H3. The Morgan fingerprint density at radius 3 is 2.39 bits per heavy atom. The van der Waals surface area contributed by atoms with E-state index in [1.54, 1.807) is 13.8 Å². The first-order valence-electron chi connectivity index (χ1n) is 6.09. The van der Waals surface area contributed by atoms with E-state index in [2.05, 4.69) is 5.10 Å². The summed E-state index contributed by atoms with van der Waals surface area (Å²) in [6.45, 7) is 7.12. The molecule has 0 bridgehead atoms. The SMILES string of the molecule is CCc1nn(CC(C)(C)O)c(=O)c(C#N)c1CC. The lowest BCUT2D eigenvalue weighted by Crippen LogP contribution is -2.36. The molecule has 0 aliphatic carbocycles. The molecule has 0 radical (unpaired) electrons. The molecule has 1 aromatic heterocycles. The fraction of sp³-hybridized carbons (Fsp3) is 0.615. The normalized spacial score (nSPS) is 11.3. The number of hydrogen-bond acceptors (Lipinski definition) is 4. The lowest BCUT2D eigenvalue weighted by atomic mass is 10.0. The highest BCUT2D eigenvalue weighted by Crippen LogP contribution is 2.11. The summed E-state index contributed by atoms with van der Waals surface area (Å²) in [4.78, 5) is 12.1. The van der Waals surface area contributed by atoms with Crippen LogP contribution in [-0.2, 0) is 19.4 Å². The van der Waals surface area contributed by atoms with Gasteiger partial charge in [-0.25, -0.2) is 4.68 Å². The molecular weight excluding hydrogens is 230 g/mol. The topological polar surface area (TPSA) is 78.9 Å². The Kier molecular flexibility index (Phi) is 4.25. The Morgan fingerprint density at radius 2 is 2.00 bits per heavy atom. The maximum Gasteiger partial charge on any atom is 0.285 e. The molecule has 0 saturated heterocycles. The number of aryl methyl sites for hydroxylation is 1. The molecular formula is C13H19N3O2. The maximum absolute atomic E-state index is 12.1. The van der Waals surface area contributed by atoms with Crippen LogP contribution in [0.15, 0.2) is 4.79 Å². The summed E-state index contributed by atoms with van der Waals surface area (Å²) in [6, 6.07) is 1.96. The van der Waals surface area contributed by atoms with E-state index < -0.39 is 11.2 Å². The largest absolute Gasteiger partial charge is 0.389 e. The molecule has 5 heteroatoms. The van der Waals surface area contributed by atoms with Crippen molar-refractivity contribution in [1.29, 1.82) is 5.26 Å². The predicted molar refractivity (Wildman–Crippen MR) is 68.3 cm³/mol. The fourth-order valence-corrected chi connectivity index (χ4v) is 1.91. The number of aliphatic hydroxyl groups is 1. The number of nitrogens with zero attached hydrogens (tertiary/aromatic N) is 3. The summed E-state index contributed by atoms with van der Waals surface area (Å²) in [5.41, 5.74) is 0.152. The third-order valence-electron chi connectivity index (χ3n) is 2.68. The average Bonchev–Trinajstić information content (AvgIpc) is 2.29. The highest BCUT2D eigenvalue weighted by atomic mass is 16.3. The molecule has 18 heavy (non-hydrogen) atoms. The Morgan fingerprint density at radius 1 is 1.39 bits per heavy atom. The highest BCUT2D eigenvalue weighted by molar-refractivity contribution is 5.38. The first-order valence-corrected chi connectivity index (χ1v) is 6.09. The second-order valence-electron chi connectivity index (χ2n) is 4.89. The molecule has 5 nitrogen and oxygen atoms in total. The molecule has 1 N–H and O–H groups in total. The molecule has 0 fully saturated rings. The van der Waals surface area contributed by atoms with Crippen LogP contribution in [0.25, 0.3) is 0 Å². The van der Waals surface area contributed by atoms with Gasteiger partial charge in [0.05, 0.1) is 17.8 Å². The zero-order chi connectivity index (χ0) is 13.9. The summed E-state index contributed by atoms with van der Waals surface area (Å²) in [7, 11) is 0. The summed E-state index contributed by atoms with van der Waals surface area (Å²) in [5, 5.41) is 23.1. The van der Waals surface area contributed by atoms with E-state index in [0.717, 1.165) is 11.3 Å². The van der Waals surface area contributed by atoms with Crippen LogP contribution in [0.3, 0.4) is 0 Å². The smallest absolute Gasteiger partial charge is 0.285 e. The van der Waals surface area contributed by atoms with Crippen LogP contribution in [0.5, 0.6) is 0 Å². The molecule has 0 aromatic carbocycles. The monoisotopic (exact) mass is 249 g/mol. The Labute approximate surface area is 107 Å². The fourth-order valence-electron chi connectivity index (χ4n) is 1.91. The van der Waals surface area contributed by atoms with Gasteiger partial charge in [-0.2, -0.15) is 10.4 Å². The van der Waals surface area contributed by atoms with E-state index in [9.17, 15) is 9.90 Å². The number of aromatic nitrogens is 2. The summed E-state index contributed by atoms with van der Waals surface area (Å²) in [6.07, 6.45) is 1.27. The van der Waals surface area contributed by atoms with Crippen molar-refractivity contribution in [2.24, 2.45) is 0 Å². The third kappa shape index (κ3) is 2.96. The van der Waals surface area contributed by atoms with Crippen molar-refractivity contribution in [3.05, 3.63) is 27.2 Å². The van der Waals surface area contributed by atoms with Crippen LogP contribution in [0, 0.1) is 11.3 Å². The van der Waals surface area contributed by atoms with Gasteiger partial charge in [-0.05, 0) is 32.3 Å². The van der Waals surface area contributed by atoms with Gasteiger partial charge in [-0.3, -0.25) is 4.79 Å². The minimum absolute atomic E-state index is 0.0809. The quantitative estimate of drug-likeness (QED) is 0.863. The number of nitriles is 1. The molecule has 1 rings (SSSR count). The Hall–Kier alpha value is -1.67. The van der Waals surface area contributed by atoms with Crippen LogP contribution < -0.4 is 5.56 Å². The Balaban J connectivity index is 3.49. The van der Waals surface area contributed by atoms with Crippen LogP contribution in [0.2, 0.25) is 0 Å². The van der Waals surface area contributed by atoms with Crippen molar-refractivity contribution in [3.63, 3.8) is 0 Å². The van der Waals surface area contributed by atoms with Gasteiger partial charge in [0.1, 0.15) is 11.6 Å². The van der Waals surface area contributed by atoms with Crippen LogP contribution in [0.1, 0.15) is 44.5 Å². The lowest BCUT2D eigenvalue weighted by molar-refractivity contribution is 0.0558. The number of hydrogen-bond donors (Lipinski definition) is 1. The summed E-state index contributed by atoms with van der Waals surface area (Å²) >= 11 is 0. The van der Waals surface area contributed by atoms with E-state index in [1.165, 1.54) is 4.68 Å². The van der Waals surface area contributed by atoms with Gasteiger partial charge in [0.2, 0.25) is 0 Å². The molecule has 0 saturated carbocycles. The van der Waals surface area contributed by atoms with E-state index in [1.807, 2.05) is 19.9 Å². The molecule has 1 heterocycles. The van der Waals surface area contributed by atoms with Crippen molar-refractivity contribution in [2.75, 3.05) is 0 Å².